The number of benzene rings is 1. The van der Waals surface area contributed by atoms with Gasteiger partial charge in [-0.3, -0.25) is 18.3 Å². The molecule has 0 saturated carbocycles. The Morgan fingerprint density at radius 3 is 2.48 bits per heavy atom. The topological polar surface area (TPSA) is 74.4 Å². The van der Waals surface area contributed by atoms with Crippen LogP contribution < -0.4 is 11.2 Å². The number of imidazole rings is 1. The third kappa shape index (κ3) is 1.86. The van der Waals surface area contributed by atoms with E-state index >= 15 is 0 Å². The van der Waals surface area contributed by atoms with Gasteiger partial charge in [-0.1, -0.05) is 11.6 Å². The molecule has 0 aliphatic carbocycles. The van der Waals surface area contributed by atoms with E-state index in [0.29, 0.717) is 16.4 Å². The van der Waals surface area contributed by atoms with Gasteiger partial charge in [0.2, 0.25) is 0 Å². The number of oxazole rings is 1. The lowest BCUT2D eigenvalue weighted by molar-refractivity contribution is 0.611. The van der Waals surface area contributed by atoms with Gasteiger partial charge in [-0.2, -0.15) is 4.98 Å². The first-order chi connectivity index (χ1) is 11.0. The molecule has 3 heterocycles. The molecule has 0 unspecified atom stereocenters. The van der Waals surface area contributed by atoms with Gasteiger partial charge in [-0.05, 0) is 24.3 Å². The Labute approximate surface area is 134 Å². The second kappa shape index (κ2) is 4.60. The lowest BCUT2D eigenvalue weighted by atomic mass is 10.2. The highest BCUT2D eigenvalue weighted by atomic mass is 35.5. The summed E-state index contributed by atoms with van der Waals surface area (Å²) in [6.07, 6.45) is 1.70. The maximum absolute atomic E-state index is 12.2. The summed E-state index contributed by atoms with van der Waals surface area (Å²) in [5.41, 5.74) is 0.545. The van der Waals surface area contributed by atoms with Crippen LogP contribution in [0.2, 0.25) is 5.02 Å². The fourth-order valence-electron chi connectivity index (χ4n) is 2.61. The Hall–Kier alpha value is -2.80. The minimum atomic E-state index is -0.449. The number of hydrogen-bond acceptors (Lipinski definition) is 4. The molecule has 0 bridgehead atoms. The number of nitrogens with zero attached hydrogens (tertiary/aromatic N) is 4. The Kier molecular flexibility index (Phi) is 2.76. The molecule has 0 fully saturated rings. The molecule has 4 aromatic rings. The molecule has 0 N–H and O–H groups in total. The average molecular weight is 331 g/mol. The second-order valence-electron chi connectivity index (χ2n) is 5.24. The van der Waals surface area contributed by atoms with Crippen molar-refractivity contribution in [2.45, 2.75) is 0 Å². The fraction of sp³-hybridized carbons (Fsp3) is 0.133. The van der Waals surface area contributed by atoms with Crippen LogP contribution in [0.1, 0.15) is 0 Å². The molecule has 3 aromatic heterocycles. The highest BCUT2D eigenvalue weighted by Gasteiger charge is 2.18. The minimum Gasteiger partial charge on any atom is -0.423 e. The Morgan fingerprint density at radius 1 is 1.09 bits per heavy atom. The van der Waals surface area contributed by atoms with E-state index in [1.165, 1.54) is 11.6 Å². The van der Waals surface area contributed by atoms with Crippen LogP contribution in [0, 0.1) is 0 Å². The van der Waals surface area contributed by atoms with Crippen LogP contribution >= 0.6 is 11.6 Å². The molecule has 7 nitrogen and oxygen atoms in total. The predicted molar refractivity (Wildman–Crippen MR) is 85.9 cm³/mol. The third-order valence-electron chi connectivity index (χ3n) is 3.83. The highest BCUT2D eigenvalue weighted by Crippen LogP contribution is 2.25. The Morgan fingerprint density at radius 2 is 1.78 bits per heavy atom. The van der Waals surface area contributed by atoms with E-state index in [2.05, 4.69) is 4.98 Å². The summed E-state index contributed by atoms with van der Waals surface area (Å²) in [6, 6.07) is 7.15. The fourth-order valence-corrected chi connectivity index (χ4v) is 2.73. The summed E-state index contributed by atoms with van der Waals surface area (Å²) in [7, 11) is 3.01. The molecule has 1 aromatic carbocycles. The van der Waals surface area contributed by atoms with Gasteiger partial charge >= 0.3 is 11.5 Å². The molecule has 116 valence electrons. The SMILES string of the molecule is Cn1c(=O)c2nc3oc(-c4ccc(Cl)cc4)cn3c2n(C)c1=O. The van der Waals surface area contributed by atoms with Gasteiger partial charge in [-0.15, -0.1) is 0 Å². The lowest BCUT2D eigenvalue weighted by Gasteiger charge is -2.02. The molecule has 8 heteroatoms. The first-order valence-corrected chi connectivity index (χ1v) is 7.18. The summed E-state index contributed by atoms with van der Waals surface area (Å²) in [4.78, 5) is 28.5. The number of hydrogen-bond donors (Lipinski definition) is 0. The van der Waals surface area contributed by atoms with Crippen LogP contribution in [-0.4, -0.2) is 18.5 Å². The summed E-state index contributed by atoms with van der Waals surface area (Å²) < 4.78 is 9.71. The van der Waals surface area contributed by atoms with E-state index in [0.717, 1.165) is 10.1 Å². The highest BCUT2D eigenvalue weighted by molar-refractivity contribution is 6.30. The van der Waals surface area contributed by atoms with Crippen molar-refractivity contribution in [2.75, 3.05) is 0 Å². The van der Waals surface area contributed by atoms with E-state index in [-0.39, 0.29) is 11.4 Å². The quantitative estimate of drug-likeness (QED) is 0.533. The zero-order chi connectivity index (χ0) is 16.3. The van der Waals surface area contributed by atoms with Crippen LogP contribution in [0.15, 0.2) is 44.5 Å². The van der Waals surface area contributed by atoms with Gasteiger partial charge in [0.05, 0.1) is 6.20 Å². The molecule has 4 rings (SSSR count). The molecular formula is C15H11ClN4O3. The first-order valence-electron chi connectivity index (χ1n) is 6.81. The zero-order valence-corrected chi connectivity index (χ0v) is 13.0. The molecule has 0 amide bonds. The molecule has 23 heavy (non-hydrogen) atoms. The van der Waals surface area contributed by atoms with Gasteiger partial charge in [0.25, 0.3) is 5.56 Å². The van der Waals surface area contributed by atoms with E-state index in [9.17, 15) is 9.59 Å². The molecule has 0 aliphatic rings. The summed E-state index contributed by atoms with van der Waals surface area (Å²) in [5.74, 6) is 0.822. The van der Waals surface area contributed by atoms with Gasteiger partial charge in [-0.25, -0.2) is 4.79 Å². The monoisotopic (exact) mass is 330 g/mol. The molecule has 0 spiro atoms. The molecule has 0 aliphatic heterocycles. The third-order valence-corrected chi connectivity index (χ3v) is 4.08. The van der Waals surface area contributed by atoms with E-state index in [1.807, 2.05) is 12.1 Å². The van der Waals surface area contributed by atoms with Gasteiger partial charge in [0, 0.05) is 24.7 Å². The molecule has 0 saturated heterocycles. The van der Waals surface area contributed by atoms with Crippen molar-refractivity contribution in [1.82, 2.24) is 18.5 Å². The maximum atomic E-state index is 12.2. The Bertz CT molecular complexity index is 1180. The van der Waals surface area contributed by atoms with Crippen molar-refractivity contribution in [3.05, 3.63) is 56.3 Å². The largest absolute Gasteiger partial charge is 0.423 e. The minimum absolute atomic E-state index is 0.191. The molecule has 0 atom stereocenters. The van der Waals surface area contributed by atoms with Crippen LogP contribution in [0.3, 0.4) is 0 Å². The second-order valence-corrected chi connectivity index (χ2v) is 5.68. The van der Waals surface area contributed by atoms with Gasteiger partial charge < -0.3 is 4.42 Å². The number of fused-ring (bicyclic) bond motifs is 3. The van der Waals surface area contributed by atoms with E-state index < -0.39 is 11.2 Å². The molecule has 0 radical (unpaired) electrons. The van der Waals surface area contributed by atoms with Crippen molar-refractivity contribution in [3.8, 4) is 11.3 Å². The van der Waals surface area contributed by atoms with E-state index in [1.54, 1.807) is 29.8 Å². The van der Waals surface area contributed by atoms with Crippen molar-refractivity contribution in [2.24, 2.45) is 14.1 Å². The molecular weight excluding hydrogens is 320 g/mol. The lowest BCUT2D eigenvalue weighted by Crippen LogP contribution is -2.37. The van der Waals surface area contributed by atoms with Crippen molar-refractivity contribution >= 4 is 28.6 Å². The average Bonchev–Trinajstić information content (AvgIpc) is 3.09. The first kappa shape index (κ1) is 13.8. The predicted octanol–water partition coefficient (Wildman–Crippen LogP) is 1.80. The van der Waals surface area contributed by atoms with Crippen LogP contribution in [0.25, 0.3) is 28.3 Å². The van der Waals surface area contributed by atoms with Crippen molar-refractivity contribution in [1.29, 1.82) is 0 Å². The maximum Gasteiger partial charge on any atom is 0.332 e. The summed E-state index contributed by atoms with van der Waals surface area (Å²) in [6.45, 7) is 0. The smallest absolute Gasteiger partial charge is 0.332 e. The van der Waals surface area contributed by atoms with Gasteiger partial charge in [0.1, 0.15) is 0 Å². The number of rotatable bonds is 1. The number of aromatic nitrogens is 4. The van der Waals surface area contributed by atoms with Gasteiger partial charge in [0.15, 0.2) is 16.9 Å². The number of aryl methyl sites for hydroxylation is 1. The van der Waals surface area contributed by atoms with Crippen molar-refractivity contribution < 1.29 is 4.42 Å². The van der Waals surface area contributed by atoms with Crippen LogP contribution in [0.4, 0.5) is 0 Å². The standard InChI is InChI=1S/C15H11ClN4O3/c1-18-12-11(13(21)19(2)15(18)22)17-14-20(12)7-10(23-14)8-3-5-9(16)6-4-8/h3-7H,1-2H3. The summed E-state index contributed by atoms with van der Waals surface area (Å²) in [5, 5.41) is 0.626. The van der Waals surface area contributed by atoms with E-state index in [4.69, 9.17) is 16.0 Å². The normalized spacial score (nSPS) is 11.6. The zero-order valence-electron chi connectivity index (χ0n) is 12.3. The van der Waals surface area contributed by atoms with Crippen LogP contribution in [-0.2, 0) is 14.1 Å². The van der Waals surface area contributed by atoms with Crippen LogP contribution in [0.5, 0.6) is 0 Å². The summed E-state index contributed by atoms with van der Waals surface area (Å²) >= 11 is 5.88. The number of halogens is 1. The Balaban J connectivity index is 2.06. The van der Waals surface area contributed by atoms with Crippen molar-refractivity contribution in [3.63, 3.8) is 0 Å².